The molecule has 306 valence electrons. The van der Waals surface area contributed by atoms with Gasteiger partial charge in [0.25, 0.3) is 40.5 Å². The van der Waals surface area contributed by atoms with E-state index in [2.05, 4.69) is 30.7 Å². The molecule has 0 saturated heterocycles. The van der Waals surface area contributed by atoms with Crippen LogP contribution in [0, 0.1) is 0 Å². The molecule has 7 aromatic rings. The first-order valence-electron chi connectivity index (χ1n) is 16.5. The number of aromatic hydroxyl groups is 1. The highest BCUT2D eigenvalue weighted by molar-refractivity contribution is 7.86. The van der Waals surface area contributed by atoms with Crippen LogP contribution in [0.1, 0.15) is 0 Å². The van der Waals surface area contributed by atoms with Gasteiger partial charge in [0.05, 0.1) is 32.5 Å². The quantitative estimate of drug-likeness (QED) is 0.0425. The van der Waals surface area contributed by atoms with Gasteiger partial charge in [-0.2, -0.15) is 33.7 Å². The Morgan fingerprint density at radius 2 is 0.850 bits per heavy atom. The van der Waals surface area contributed by atoms with E-state index in [0.717, 1.165) is 24.3 Å². The number of phenols is 1. The number of fused-ring (bicyclic) bond motifs is 3. The monoisotopic (exact) mass is 891 g/mol. The van der Waals surface area contributed by atoms with Crippen molar-refractivity contribution in [1.29, 1.82) is 0 Å². The minimum Gasteiger partial charge on any atom is -0.505 e. The van der Waals surface area contributed by atoms with Gasteiger partial charge in [-0.15, -0.1) is 30.7 Å². The topological polar surface area (TPSA) is 338 Å². The van der Waals surface area contributed by atoms with Gasteiger partial charge in [-0.05, 0) is 84.2 Å². The van der Waals surface area contributed by atoms with Crippen LogP contribution in [-0.2, 0) is 40.5 Å². The molecule has 0 radical (unpaired) electrons. The number of azo groups is 3. The number of benzene rings is 7. The highest BCUT2D eigenvalue weighted by atomic mass is 32.2. The fraction of sp³-hybridized carbons (Fsp3) is 0. The van der Waals surface area contributed by atoms with Crippen molar-refractivity contribution in [3.05, 3.63) is 109 Å². The average molecular weight is 892 g/mol. The summed E-state index contributed by atoms with van der Waals surface area (Å²) in [6, 6.07) is 23.1. The van der Waals surface area contributed by atoms with Gasteiger partial charge in [-0.3, -0.25) is 18.2 Å². The Morgan fingerprint density at radius 1 is 0.400 bits per heavy atom. The number of nitrogen functional groups attached to an aromatic ring is 1. The summed E-state index contributed by atoms with van der Waals surface area (Å²) >= 11 is 0. The SMILES string of the molecule is Nc1ccc2c(O)c(N=Nc3ccc(N=Nc4ccc(N=Nc5cc(S(=O)(=O)O)ccc5S(=O)(=O)O)c5ccc(S(=O)(=O)O)cc45)c4ccccc34)c(S(=O)(=O)O)cc2c1. The highest BCUT2D eigenvalue weighted by Gasteiger charge is 2.23. The summed E-state index contributed by atoms with van der Waals surface area (Å²) in [5.74, 6) is -0.579. The molecule has 24 heteroatoms. The molecule has 7 aromatic carbocycles. The Hall–Kier alpha value is -6.64. The van der Waals surface area contributed by atoms with E-state index in [4.69, 9.17) is 5.73 Å². The van der Waals surface area contributed by atoms with E-state index in [1.54, 1.807) is 24.3 Å². The fourth-order valence-electron chi connectivity index (χ4n) is 6.01. The fourth-order valence-corrected chi connectivity index (χ4v) is 8.28. The molecule has 0 bridgehead atoms. The second-order valence-electron chi connectivity index (χ2n) is 12.6. The second-order valence-corrected chi connectivity index (χ2v) is 18.3. The Bertz CT molecular complexity index is 3530. The lowest BCUT2D eigenvalue weighted by molar-refractivity contribution is 0.472. The minimum absolute atomic E-state index is 0.0283. The molecule has 0 saturated carbocycles. The molecule has 0 amide bonds. The van der Waals surface area contributed by atoms with Crippen molar-refractivity contribution in [2.24, 2.45) is 30.7 Å². The third kappa shape index (κ3) is 8.42. The lowest BCUT2D eigenvalue weighted by Gasteiger charge is -2.10. The lowest BCUT2D eigenvalue weighted by Crippen LogP contribution is -2.02. The third-order valence-corrected chi connectivity index (χ3v) is 12.2. The standard InChI is InChI=1S/C36H25N7O13S4/c37-20-5-8-23-19(15-20)16-34(60(54,55)56)35(36(23)44)43-41-29-11-10-28(24-3-1-2-4-25(24)29)38-40-31-13-12-30(26-9-6-21(17-27(26)31)57(45,46)47)39-42-32-18-22(58(48,49)50)7-14-33(32)59(51,52)53/h1-18,44H,37H2,(H,45,46,47)(H,48,49,50)(H,51,52,53)(H,54,55,56). The molecule has 0 aliphatic heterocycles. The van der Waals surface area contributed by atoms with Crippen LogP contribution < -0.4 is 5.73 Å². The molecule has 0 heterocycles. The van der Waals surface area contributed by atoms with E-state index in [1.165, 1.54) is 48.5 Å². The van der Waals surface area contributed by atoms with Crippen molar-refractivity contribution < 1.29 is 57.0 Å². The van der Waals surface area contributed by atoms with Crippen LogP contribution in [0.25, 0.3) is 32.3 Å². The van der Waals surface area contributed by atoms with Gasteiger partial charge in [-0.25, -0.2) is 0 Å². The normalized spacial score (nSPS) is 13.1. The van der Waals surface area contributed by atoms with Crippen LogP contribution in [-0.4, -0.2) is 57.0 Å². The second kappa shape index (κ2) is 15.2. The first-order valence-corrected chi connectivity index (χ1v) is 22.3. The lowest BCUT2D eigenvalue weighted by atomic mass is 10.1. The van der Waals surface area contributed by atoms with Crippen LogP contribution >= 0.6 is 0 Å². The molecule has 0 unspecified atom stereocenters. The molecule has 20 nitrogen and oxygen atoms in total. The Balaban J connectivity index is 1.31. The number of anilines is 1. The maximum absolute atomic E-state index is 12.3. The summed E-state index contributed by atoms with van der Waals surface area (Å²) in [6.45, 7) is 0. The zero-order valence-corrected chi connectivity index (χ0v) is 33.1. The van der Waals surface area contributed by atoms with E-state index in [1.807, 2.05) is 0 Å². The predicted molar refractivity (Wildman–Crippen MR) is 216 cm³/mol. The van der Waals surface area contributed by atoms with E-state index in [0.29, 0.717) is 22.9 Å². The van der Waals surface area contributed by atoms with Crippen molar-refractivity contribution >= 4 is 113 Å². The largest absolute Gasteiger partial charge is 0.505 e. The van der Waals surface area contributed by atoms with Crippen LogP contribution in [0.3, 0.4) is 0 Å². The summed E-state index contributed by atoms with van der Waals surface area (Å²) in [6.07, 6.45) is 0. The molecule has 0 atom stereocenters. The van der Waals surface area contributed by atoms with Crippen molar-refractivity contribution in [2.75, 3.05) is 5.73 Å². The van der Waals surface area contributed by atoms with Gasteiger partial charge < -0.3 is 10.8 Å². The zero-order chi connectivity index (χ0) is 43.4. The maximum atomic E-state index is 12.3. The minimum atomic E-state index is -4.96. The van der Waals surface area contributed by atoms with E-state index in [-0.39, 0.29) is 50.0 Å². The van der Waals surface area contributed by atoms with Crippen molar-refractivity contribution in [1.82, 2.24) is 0 Å². The molecule has 0 aromatic heterocycles. The van der Waals surface area contributed by atoms with E-state index < -0.39 is 77.2 Å². The van der Waals surface area contributed by atoms with Gasteiger partial charge in [0.15, 0.2) is 5.75 Å². The van der Waals surface area contributed by atoms with Gasteiger partial charge in [0.2, 0.25) is 0 Å². The first kappa shape index (κ1) is 41.5. The van der Waals surface area contributed by atoms with E-state index in [9.17, 15) is 57.0 Å². The number of phenolic OH excluding ortho intramolecular Hbond substituents is 1. The molecule has 60 heavy (non-hydrogen) atoms. The summed E-state index contributed by atoms with van der Waals surface area (Å²) in [7, 11) is -19.5. The van der Waals surface area contributed by atoms with Crippen LogP contribution in [0.4, 0.5) is 39.8 Å². The Labute approximate surface area is 339 Å². The maximum Gasteiger partial charge on any atom is 0.296 e. The Kier molecular flexibility index (Phi) is 10.5. The average Bonchev–Trinajstić information content (AvgIpc) is 3.17. The van der Waals surface area contributed by atoms with Crippen LogP contribution in [0.5, 0.6) is 5.75 Å². The predicted octanol–water partition coefficient (Wildman–Crippen LogP) is 8.67. The number of hydrogen-bond acceptors (Lipinski definition) is 16. The number of hydrogen-bond donors (Lipinski definition) is 6. The van der Waals surface area contributed by atoms with Gasteiger partial charge in [0.1, 0.15) is 21.2 Å². The molecule has 7 N–H and O–H groups in total. The van der Waals surface area contributed by atoms with Crippen molar-refractivity contribution in [2.45, 2.75) is 19.6 Å². The zero-order valence-electron chi connectivity index (χ0n) is 29.8. The molecular formula is C36H25N7O13S4. The third-order valence-electron chi connectivity index (χ3n) is 8.77. The van der Waals surface area contributed by atoms with Gasteiger partial charge in [-0.1, -0.05) is 30.3 Å². The highest BCUT2D eigenvalue weighted by Crippen LogP contribution is 2.44. The molecule has 0 aliphatic carbocycles. The number of rotatable bonds is 10. The number of nitrogens with zero attached hydrogens (tertiary/aromatic N) is 6. The molecule has 0 fully saturated rings. The summed E-state index contributed by atoms with van der Waals surface area (Å²) < 4.78 is 135. The van der Waals surface area contributed by atoms with Crippen molar-refractivity contribution in [3.63, 3.8) is 0 Å². The smallest absolute Gasteiger partial charge is 0.296 e. The summed E-state index contributed by atoms with van der Waals surface area (Å²) in [5, 5.41) is 37.1. The molecule has 0 aliphatic rings. The molecular weight excluding hydrogens is 867 g/mol. The van der Waals surface area contributed by atoms with Crippen molar-refractivity contribution in [3.8, 4) is 5.75 Å². The first-order chi connectivity index (χ1) is 28.1. The number of nitrogens with two attached hydrogens (primary N) is 1. The van der Waals surface area contributed by atoms with Crippen LogP contribution in [0.2, 0.25) is 0 Å². The summed E-state index contributed by atoms with van der Waals surface area (Å²) in [4.78, 5) is -2.87. The summed E-state index contributed by atoms with van der Waals surface area (Å²) in [5.41, 5.74) is 5.27. The molecule has 0 spiro atoms. The van der Waals surface area contributed by atoms with Crippen LogP contribution in [0.15, 0.2) is 159 Å². The van der Waals surface area contributed by atoms with E-state index >= 15 is 0 Å². The molecule has 7 rings (SSSR count). The van der Waals surface area contributed by atoms with Gasteiger partial charge in [0, 0.05) is 32.6 Å². The van der Waals surface area contributed by atoms with Gasteiger partial charge >= 0.3 is 0 Å². The Morgan fingerprint density at radius 3 is 1.38 bits per heavy atom.